The van der Waals surface area contributed by atoms with Crippen molar-refractivity contribution >= 4 is 29.2 Å². The van der Waals surface area contributed by atoms with E-state index in [0.29, 0.717) is 48.8 Å². The molecule has 0 saturated carbocycles. The smallest absolute Gasteiger partial charge is 0.327 e. The van der Waals surface area contributed by atoms with Crippen molar-refractivity contribution in [2.45, 2.75) is 19.5 Å². The normalized spacial score (nSPS) is 16.4. The highest BCUT2D eigenvalue weighted by Crippen LogP contribution is 2.34. The van der Waals surface area contributed by atoms with Gasteiger partial charge < -0.3 is 9.47 Å². The van der Waals surface area contributed by atoms with Crippen LogP contribution in [0.15, 0.2) is 18.2 Å². The fourth-order valence-corrected chi connectivity index (χ4v) is 3.42. The summed E-state index contributed by atoms with van der Waals surface area (Å²) >= 11 is 12.5. The van der Waals surface area contributed by atoms with Gasteiger partial charge in [-0.15, -0.1) is 5.10 Å². The van der Waals surface area contributed by atoms with Gasteiger partial charge in [0.1, 0.15) is 6.54 Å². The Hall–Kier alpha value is -1.74. The van der Waals surface area contributed by atoms with E-state index in [1.807, 2.05) is 6.07 Å². The van der Waals surface area contributed by atoms with E-state index in [9.17, 15) is 4.79 Å². The summed E-state index contributed by atoms with van der Waals surface area (Å²) in [4.78, 5) is 14.1. The second-order valence-corrected chi connectivity index (χ2v) is 6.56. The molecule has 2 aromatic rings. The van der Waals surface area contributed by atoms with E-state index in [1.54, 1.807) is 19.1 Å². The summed E-state index contributed by atoms with van der Waals surface area (Å²) in [6.45, 7) is 4.56. The van der Waals surface area contributed by atoms with Crippen molar-refractivity contribution in [2.75, 3.05) is 32.9 Å². The minimum atomic E-state index is -0.399. The molecule has 1 aliphatic rings. The molecule has 0 radical (unpaired) electrons. The second-order valence-electron chi connectivity index (χ2n) is 5.72. The number of halogens is 2. The van der Waals surface area contributed by atoms with Gasteiger partial charge in [0.25, 0.3) is 0 Å². The van der Waals surface area contributed by atoms with E-state index in [1.165, 1.54) is 4.68 Å². The maximum absolute atomic E-state index is 11.9. The van der Waals surface area contributed by atoms with Crippen LogP contribution in [-0.4, -0.2) is 64.0 Å². The van der Waals surface area contributed by atoms with Crippen molar-refractivity contribution in [3.8, 4) is 0 Å². The van der Waals surface area contributed by atoms with Crippen LogP contribution in [-0.2, 0) is 20.8 Å². The molecule has 0 aliphatic carbocycles. The number of esters is 1. The number of morpholine rings is 1. The van der Waals surface area contributed by atoms with E-state index < -0.39 is 5.97 Å². The Kier molecular flexibility index (Phi) is 6.42. The SMILES string of the molecule is CCOC(=O)Cn1nnnc1[C@@H](c1ccc(Cl)cc1Cl)N1CCOCC1. The Morgan fingerprint density at radius 2 is 2.12 bits per heavy atom. The van der Waals surface area contributed by atoms with E-state index in [-0.39, 0.29) is 12.6 Å². The fourth-order valence-electron chi connectivity index (χ4n) is 2.91. The number of rotatable bonds is 6. The van der Waals surface area contributed by atoms with Crippen molar-refractivity contribution in [2.24, 2.45) is 0 Å². The maximum atomic E-state index is 11.9. The van der Waals surface area contributed by atoms with Crippen molar-refractivity contribution in [3.05, 3.63) is 39.6 Å². The van der Waals surface area contributed by atoms with Crippen molar-refractivity contribution in [1.82, 2.24) is 25.1 Å². The molecule has 2 heterocycles. The van der Waals surface area contributed by atoms with Gasteiger partial charge in [-0.2, -0.15) is 0 Å². The number of aromatic nitrogens is 4. The molecule has 8 nitrogen and oxygen atoms in total. The molecule has 1 aromatic carbocycles. The summed E-state index contributed by atoms with van der Waals surface area (Å²) in [6, 6.07) is 4.99. The van der Waals surface area contributed by atoms with Gasteiger partial charge in [0.05, 0.1) is 25.9 Å². The molecule has 1 atom stereocenters. The molecular weight excluding hydrogens is 381 g/mol. The summed E-state index contributed by atoms with van der Waals surface area (Å²) in [5, 5.41) is 12.9. The Labute approximate surface area is 161 Å². The van der Waals surface area contributed by atoms with Crippen LogP contribution in [0.1, 0.15) is 24.4 Å². The maximum Gasteiger partial charge on any atom is 0.327 e. The first-order valence-corrected chi connectivity index (χ1v) is 9.04. The minimum Gasteiger partial charge on any atom is -0.465 e. The quantitative estimate of drug-likeness (QED) is 0.686. The first-order chi connectivity index (χ1) is 12.6. The number of tetrazole rings is 1. The molecule has 10 heteroatoms. The lowest BCUT2D eigenvalue weighted by molar-refractivity contribution is -0.144. The first-order valence-electron chi connectivity index (χ1n) is 8.28. The number of carbonyl (C=O) groups is 1. The van der Waals surface area contributed by atoms with Crippen molar-refractivity contribution in [1.29, 1.82) is 0 Å². The Morgan fingerprint density at radius 3 is 2.81 bits per heavy atom. The van der Waals surface area contributed by atoms with Crippen LogP contribution in [0.5, 0.6) is 0 Å². The van der Waals surface area contributed by atoms with Gasteiger partial charge in [0.15, 0.2) is 5.82 Å². The summed E-state index contributed by atoms with van der Waals surface area (Å²) in [5.74, 6) is 0.119. The van der Waals surface area contributed by atoms with Gasteiger partial charge >= 0.3 is 5.97 Å². The zero-order valence-corrected chi connectivity index (χ0v) is 15.8. The number of hydrogen-bond donors (Lipinski definition) is 0. The zero-order valence-electron chi connectivity index (χ0n) is 14.3. The van der Waals surface area contributed by atoms with Crippen LogP contribution in [0.3, 0.4) is 0 Å². The monoisotopic (exact) mass is 399 g/mol. The third kappa shape index (κ3) is 4.32. The van der Waals surface area contributed by atoms with E-state index in [2.05, 4.69) is 20.4 Å². The van der Waals surface area contributed by atoms with Crippen molar-refractivity contribution in [3.63, 3.8) is 0 Å². The summed E-state index contributed by atoms with van der Waals surface area (Å²) in [6.07, 6.45) is 0. The van der Waals surface area contributed by atoms with E-state index in [0.717, 1.165) is 5.56 Å². The second kappa shape index (κ2) is 8.77. The third-order valence-corrected chi connectivity index (χ3v) is 4.62. The summed E-state index contributed by atoms with van der Waals surface area (Å²) < 4.78 is 11.9. The molecular formula is C16H19Cl2N5O3. The molecule has 1 fully saturated rings. The predicted molar refractivity (Wildman–Crippen MR) is 95.1 cm³/mol. The standard InChI is InChI=1S/C16H19Cl2N5O3/c1-2-26-14(24)10-23-16(19-20-21-23)15(22-5-7-25-8-6-22)12-4-3-11(17)9-13(12)18/h3-4,9,15H,2,5-8,10H2,1H3/t15-/m1/s1. The molecule has 26 heavy (non-hydrogen) atoms. The van der Waals surface area contributed by atoms with Crippen LogP contribution < -0.4 is 0 Å². The molecule has 0 amide bonds. The Morgan fingerprint density at radius 1 is 1.35 bits per heavy atom. The minimum absolute atomic E-state index is 0.0672. The molecule has 140 valence electrons. The average Bonchev–Trinajstić information content (AvgIpc) is 3.06. The predicted octanol–water partition coefficient (Wildman–Crippen LogP) is 1.96. The molecule has 1 saturated heterocycles. The number of carbonyl (C=O) groups excluding carboxylic acids is 1. The summed E-state index contributed by atoms with van der Waals surface area (Å²) in [5.41, 5.74) is 0.817. The summed E-state index contributed by atoms with van der Waals surface area (Å²) in [7, 11) is 0. The first kappa shape index (κ1) is 19.0. The molecule has 1 aromatic heterocycles. The zero-order chi connectivity index (χ0) is 18.5. The molecule has 1 aliphatic heterocycles. The number of nitrogens with zero attached hydrogens (tertiary/aromatic N) is 5. The van der Waals surface area contributed by atoms with Gasteiger partial charge in [-0.3, -0.25) is 9.69 Å². The van der Waals surface area contributed by atoms with E-state index >= 15 is 0 Å². The topological polar surface area (TPSA) is 82.4 Å². The number of ether oxygens (including phenoxy) is 2. The number of benzene rings is 1. The molecule has 0 bridgehead atoms. The van der Waals surface area contributed by atoms with Crippen molar-refractivity contribution < 1.29 is 14.3 Å². The highest BCUT2D eigenvalue weighted by atomic mass is 35.5. The van der Waals surface area contributed by atoms with Gasteiger partial charge in [0, 0.05) is 23.1 Å². The van der Waals surface area contributed by atoms with Crippen LogP contribution in [0.2, 0.25) is 10.0 Å². The van der Waals surface area contributed by atoms with Crippen LogP contribution in [0, 0.1) is 0 Å². The molecule has 0 N–H and O–H groups in total. The average molecular weight is 400 g/mol. The van der Waals surface area contributed by atoms with E-state index in [4.69, 9.17) is 32.7 Å². The van der Waals surface area contributed by atoms with Gasteiger partial charge in [0.2, 0.25) is 0 Å². The molecule has 3 rings (SSSR count). The lowest BCUT2D eigenvalue weighted by atomic mass is 10.0. The largest absolute Gasteiger partial charge is 0.465 e. The third-order valence-electron chi connectivity index (χ3n) is 4.06. The fraction of sp³-hybridized carbons (Fsp3) is 0.500. The van der Waals surface area contributed by atoms with Gasteiger partial charge in [-0.25, -0.2) is 4.68 Å². The highest BCUT2D eigenvalue weighted by Gasteiger charge is 2.31. The van der Waals surface area contributed by atoms with Crippen LogP contribution >= 0.6 is 23.2 Å². The van der Waals surface area contributed by atoms with Crippen LogP contribution in [0.25, 0.3) is 0 Å². The molecule has 0 spiro atoms. The lowest BCUT2D eigenvalue weighted by Gasteiger charge is -2.34. The highest BCUT2D eigenvalue weighted by molar-refractivity contribution is 6.35. The lowest BCUT2D eigenvalue weighted by Crippen LogP contribution is -2.41. The van der Waals surface area contributed by atoms with Gasteiger partial charge in [-0.1, -0.05) is 29.3 Å². The Balaban J connectivity index is 1.98. The Bertz CT molecular complexity index is 764. The number of hydrogen-bond acceptors (Lipinski definition) is 7. The molecule has 0 unspecified atom stereocenters. The van der Waals surface area contributed by atoms with Crippen LogP contribution in [0.4, 0.5) is 0 Å². The van der Waals surface area contributed by atoms with Gasteiger partial charge in [-0.05, 0) is 35.0 Å².